The fourth-order valence-electron chi connectivity index (χ4n) is 2.05. The quantitative estimate of drug-likeness (QED) is 0.788. The maximum Gasteiger partial charge on any atom is 0.258 e. The number of methoxy groups -OCH3 is 2. The monoisotopic (exact) mass is 289 g/mol. The fraction of sp³-hybridized carbons (Fsp3) is 0.333. The zero-order chi connectivity index (χ0) is 15.1. The van der Waals surface area contributed by atoms with Crippen LogP contribution < -0.4 is 14.8 Å². The number of amides is 1. The first-order chi connectivity index (χ1) is 10.3. The first-order valence-electron chi connectivity index (χ1n) is 6.71. The standard InChI is InChI=1S/C15H19N3O3/c1-20-12-5-3-6-13(21-2)14(12)15(19)17-7-4-9-18-10-8-16-11-18/h3,5-6,8,10-11H,4,7,9H2,1-2H3,(H,17,19). The van der Waals surface area contributed by atoms with Gasteiger partial charge >= 0.3 is 0 Å². The lowest BCUT2D eigenvalue weighted by molar-refractivity contribution is 0.0946. The number of carbonyl (C=O) groups excluding carboxylic acids is 1. The van der Waals surface area contributed by atoms with Gasteiger partial charge in [0.05, 0.1) is 20.5 Å². The normalized spacial score (nSPS) is 10.2. The number of benzene rings is 1. The smallest absolute Gasteiger partial charge is 0.258 e. The van der Waals surface area contributed by atoms with Crippen LogP contribution in [0.15, 0.2) is 36.9 Å². The summed E-state index contributed by atoms with van der Waals surface area (Å²) in [5.74, 6) is 0.804. The molecule has 0 spiro atoms. The van der Waals surface area contributed by atoms with Gasteiger partial charge in [-0.05, 0) is 18.6 Å². The molecule has 6 nitrogen and oxygen atoms in total. The number of rotatable bonds is 7. The maximum atomic E-state index is 12.3. The van der Waals surface area contributed by atoms with Crippen LogP contribution in [0.25, 0.3) is 0 Å². The molecular weight excluding hydrogens is 270 g/mol. The van der Waals surface area contributed by atoms with E-state index in [0.29, 0.717) is 23.6 Å². The van der Waals surface area contributed by atoms with E-state index in [1.54, 1.807) is 30.7 Å². The molecule has 21 heavy (non-hydrogen) atoms. The number of hydrogen-bond donors (Lipinski definition) is 1. The van der Waals surface area contributed by atoms with Crippen molar-refractivity contribution < 1.29 is 14.3 Å². The van der Waals surface area contributed by atoms with Gasteiger partial charge in [-0.3, -0.25) is 4.79 Å². The van der Waals surface area contributed by atoms with Gasteiger partial charge in [0.25, 0.3) is 5.91 Å². The zero-order valence-electron chi connectivity index (χ0n) is 12.2. The highest BCUT2D eigenvalue weighted by molar-refractivity contribution is 5.99. The summed E-state index contributed by atoms with van der Waals surface area (Å²) in [6, 6.07) is 5.26. The summed E-state index contributed by atoms with van der Waals surface area (Å²) in [7, 11) is 3.06. The van der Waals surface area contributed by atoms with Crippen molar-refractivity contribution in [3.05, 3.63) is 42.5 Å². The molecule has 1 amide bonds. The van der Waals surface area contributed by atoms with Crippen LogP contribution in [0, 0.1) is 0 Å². The van der Waals surface area contributed by atoms with Crippen molar-refractivity contribution in [2.45, 2.75) is 13.0 Å². The molecule has 0 bridgehead atoms. The molecule has 6 heteroatoms. The Hall–Kier alpha value is -2.50. The van der Waals surface area contributed by atoms with Gasteiger partial charge in [-0.1, -0.05) is 6.07 Å². The Morgan fingerprint density at radius 1 is 1.29 bits per heavy atom. The van der Waals surface area contributed by atoms with E-state index in [1.165, 1.54) is 14.2 Å². The number of nitrogens with one attached hydrogen (secondary N) is 1. The van der Waals surface area contributed by atoms with Crippen LogP contribution in [0.3, 0.4) is 0 Å². The minimum absolute atomic E-state index is 0.199. The maximum absolute atomic E-state index is 12.3. The van der Waals surface area contributed by atoms with Crippen LogP contribution in [0.5, 0.6) is 11.5 Å². The van der Waals surface area contributed by atoms with Gasteiger partial charge in [-0.15, -0.1) is 0 Å². The van der Waals surface area contributed by atoms with Crippen LogP contribution in [0.1, 0.15) is 16.8 Å². The van der Waals surface area contributed by atoms with Gasteiger partial charge in [0, 0.05) is 25.5 Å². The van der Waals surface area contributed by atoms with E-state index in [0.717, 1.165) is 13.0 Å². The molecule has 1 aromatic heterocycles. The third kappa shape index (κ3) is 3.75. The predicted octanol–water partition coefficient (Wildman–Crippen LogP) is 1.72. The lowest BCUT2D eigenvalue weighted by Gasteiger charge is -2.13. The second-order valence-corrected chi connectivity index (χ2v) is 4.45. The zero-order valence-corrected chi connectivity index (χ0v) is 12.2. The minimum Gasteiger partial charge on any atom is -0.496 e. The SMILES string of the molecule is COc1cccc(OC)c1C(=O)NCCCn1ccnc1. The molecule has 2 rings (SSSR count). The molecule has 0 fully saturated rings. The van der Waals surface area contributed by atoms with E-state index in [9.17, 15) is 4.79 Å². The Kier molecular flexibility index (Phi) is 5.20. The number of ether oxygens (including phenoxy) is 2. The molecule has 112 valence electrons. The average Bonchev–Trinajstić information content (AvgIpc) is 3.03. The summed E-state index contributed by atoms with van der Waals surface area (Å²) in [5.41, 5.74) is 0.421. The highest BCUT2D eigenvalue weighted by Gasteiger charge is 2.17. The van der Waals surface area contributed by atoms with Crippen molar-refractivity contribution in [3.8, 4) is 11.5 Å². The van der Waals surface area contributed by atoms with E-state index in [4.69, 9.17) is 9.47 Å². The largest absolute Gasteiger partial charge is 0.496 e. The summed E-state index contributed by atoms with van der Waals surface area (Å²) in [6.07, 6.45) is 6.20. The van der Waals surface area contributed by atoms with Gasteiger partial charge < -0.3 is 19.4 Å². The third-order valence-corrected chi connectivity index (χ3v) is 3.09. The van der Waals surface area contributed by atoms with Crippen molar-refractivity contribution in [1.29, 1.82) is 0 Å². The second-order valence-electron chi connectivity index (χ2n) is 4.45. The summed E-state index contributed by atoms with van der Waals surface area (Å²) in [5, 5.41) is 2.88. The molecule has 0 saturated carbocycles. The van der Waals surface area contributed by atoms with Crippen molar-refractivity contribution >= 4 is 5.91 Å². The molecule has 0 aliphatic heterocycles. The summed E-state index contributed by atoms with van der Waals surface area (Å²) in [6.45, 7) is 1.38. The van der Waals surface area contributed by atoms with Crippen molar-refractivity contribution in [3.63, 3.8) is 0 Å². The van der Waals surface area contributed by atoms with Gasteiger partial charge in [0.15, 0.2) is 0 Å². The first-order valence-corrected chi connectivity index (χ1v) is 6.71. The van der Waals surface area contributed by atoms with E-state index in [1.807, 2.05) is 10.8 Å². The Labute approximate surface area is 123 Å². The molecule has 1 aromatic carbocycles. The summed E-state index contributed by atoms with van der Waals surface area (Å²) in [4.78, 5) is 16.2. The Morgan fingerprint density at radius 2 is 2.00 bits per heavy atom. The van der Waals surface area contributed by atoms with Crippen LogP contribution in [-0.4, -0.2) is 36.2 Å². The van der Waals surface area contributed by atoms with E-state index in [2.05, 4.69) is 10.3 Å². The van der Waals surface area contributed by atoms with Crippen LogP contribution in [0.4, 0.5) is 0 Å². The highest BCUT2D eigenvalue weighted by atomic mass is 16.5. The van der Waals surface area contributed by atoms with Crippen molar-refractivity contribution in [1.82, 2.24) is 14.9 Å². The second kappa shape index (κ2) is 7.33. The lowest BCUT2D eigenvalue weighted by Crippen LogP contribution is -2.26. The van der Waals surface area contributed by atoms with E-state index < -0.39 is 0 Å². The van der Waals surface area contributed by atoms with Crippen molar-refractivity contribution in [2.24, 2.45) is 0 Å². The van der Waals surface area contributed by atoms with Gasteiger partial charge in [0.1, 0.15) is 17.1 Å². The number of carbonyl (C=O) groups is 1. The topological polar surface area (TPSA) is 65.4 Å². The first kappa shape index (κ1) is 14.9. The van der Waals surface area contributed by atoms with Crippen LogP contribution in [-0.2, 0) is 6.54 Å². The van der Waals surface area contributed by atoms with Crippen LogP contribution >= 0.6 is 0 Å². The fourth-order valence-corrected chi connectivity index (χ4v) is 2.05. The number of hydrogen-bond acceptors (Lipinski definition) is 4. The molecule has 0 unspecified atom stereocenters. The molecule has 0 aliphatic rings. The number of imidazole rings is 1. The third-order valence-electron chi connectivity index (χ3n) is 3.09. The van der Waals surface area contributed by atoms with E-state index in [-0.39, 0.29) is 5.91 Å². The summed E-state index contributed by atoms with van der Waals surface area (Å²) < 4.78 is 12.4. The number of aryl methyl sites for hydroxylation is 1. The van der Waals surface area contributed by atoms with Crippen molar-refractivity contribution in [2.75, 3.05) is 20.8 Å². The predicted molar refractivity (Wildman–Crippen MR) is 78.7 cm³/mol. The molecule has 0 aliphatic carbocycles. The molecule has 0 atom stereocenters. The Balaban J connectivity index is 1.93. The lowest BCUT2D eigenvalue weighted by atomic mass is 10.1. The minimum atomic E-state index is -0.199. The van der Waals surface area contributed by atoms with E-state index >= 15 is 0 Å². The number of nitrogens with zero attached hydrogens (tertiary/aromatic N) is 2. The molecule has 0 saturated heterocycles. The van der Waals surface area contributed by atoms with Gasteiger partial charge in [0.2, 0.25) is 0 Å². The molecule has 2 aromatic rings. The highest BCUT2D eigenvalue weighted by Crippen LogP contribution is 2.27. The van der Waals surface area contributed by atoms with Gasteiger partial charge in [-0.25, -0.2) is 4.98 Å². The molecule has 1 N–H and O–H groups in total. The van der Waals surface area contributed by atoms with Gasteiger partial charge in [-0.2, -0.15) is 0 Å². The average molecular weight is 289 g/mol. The summed E-state index contributed by atoms with van der Waals surface area (Å²) >= 11 is 0. The molecule has 0 radical (unpaired) electrons. The molecular formula is C15H19N3O3. The number of aromatic nitrogens is 2. The van der Waals surface area contributed by atoms with Crippen LogP contribution in [0.2, 0.25) is 0 Å². The molecule has 1 heterocycles. The Morgan fingerprint density at radius 3 is 2.57 bits per heavy atom. The Bertz CT molecular complexity index is 560.